The minimum atomic E-state index is -0.986. The highest BCUT2D eigenvalue weighted by Crippen LogP contribution is 2.44. The lowest BCUT2D eigenvalue weighted by Gasteiger charge is -2.29. The molecule has 2 heterocycles. The molecule has 4 rings (SSSR count). The Kier molecular flexibility index (Phi) is 8.35. The maximum Gasteiger partial charge on any atom is 0.295 e. The number of phenolic OH excluding ortho intramolecular Hbond substituents is 1. The Balaban J connectivity index is 1.76. The number of carbonyl (C=O) groups excluding carboxylic acids is 2. The highest BCUT2D eigenvalue weighted by atomic mass is 79.9. The molecule has 2 aliphatic rings. The number of rotatable bonds is 8. The number of benzene rings is 2. The molecule has 0 saturated carbocycles. The number of nitrogens with zero attached hydrogens (tertiary/aromatic N) is 2. The van der Waals surface area contributed by atoms with Gasteiger partial charge in [0.15, 0.2) is 23.1 Å². The lowest BCUT2D eigenvalue weighted by molar-refractivity contribution is -0.140. The van der Waals surface area contributed by atoms with Gasteiger partial charge in [-0.2, -0.15) is 0 Å². The molecule has 0 aliphatic carbocycles. The third kappa shape index (κ3) is 5.43. The Hall–Kier alpha value is -3.15. The average molecular weight is 579 g/mol. The van der Waals surface area contributed by atoms with Gasteiger partial charge in [0.1, 0.15) is 5.76 Å². The number of aliphatic hydroxyl groups excluding tert-OH is 1. The van der Waals surface area contributed by atoms with Crippen molar-refractivity contribution in [3.8, 4) is 17.2 Å². The zero-order chi connectivity index (χ0) is 26.7. The Morgan fingerprint density at radius 2 is 1.81 bits per heavy atom. The molecule has 1 amide bonds. The van der Waals surface area contributed by atoms with E-state index >= 15 is 0 Å². The molecular weight excluding hydrogens is 551 g/mol. The Morgan fingerprint density at radius 3 is 2.46 bits per heavy atom. The van der Waals surface area contributed by atoms with Crippen molar-refractivity contribution < 1.29 is 38.4 Å². The second kappa shape index (κ2) is 11.5. The molecule has 0 bridgehead atoms. The van der Waals surface area contributed by atoms with Crippen LogP contribution in [0.3, 0.4) is 0 Å². The molecule has 2 aliphatic heterocycles. The van der Waals surface area contributed by atoms with E-state index in [0.717, 1.165) is 19.2 Å². The van der Waals surface area contributed by atoms with Gasteiger partial charge in [-0.3, -0.25) is 14.5 Å². The topological polar surface area (TPSA) is 109 Å². The monoisotopic (exact) mass is 578 g/mol. The van der Waals surface area contributed by atoms with E-state index in [1.165, 1.54) is 37.3 Å². The van der Waals surface area contributed by atoms with Crippen LogP contribution in [0, 0.1) is 5.82 Å². The number of aromatic hydroxyl groups is 1. The summed E-state index contributed by atoms with van der Waals surface area (Å²) < 4.78 is 30.3. The third-order valence-electron chi connectivity index (χ3n) is 6.53. The molecule has 2 fully saturated rings. The van der Waals surface area contributed by atoms with Gasteiger partial charge in [-0.05, 0) is 58.2 Å². The Labute approximate surface area is 222 Å². The molecule has 2 aromatic rings. The number of aliphatic hydroxyl groups is 1. The van der Waals surface area contributed by atoms with Gasteiger partial charge in [0.2, 0.25) is 0 Å². The van der Waals surface area contributed by atoms with E-state index in [-0.39, 0.29) is 39.4 Å². The van der Waals surface area contributed by atoms with E-state index in [9.17, 15) is 24.2 Å². The molecule has 2 saturated heterocycles. The van der Waals surface area contributed by atoms with Crippen LogP contribution in [-0.2, 0) is 14.3 Å². The summed E-state index contributed by atoms with van der Waals surface area (Å²) in [6.45, 7) is 3.79. The number of carbonyl (C=O) groups is 2. The molecule has 0 spiro atoms. The Morgan fingerprint density at radius 1 is 1.11 bits per heavy atom. The van der Waals surface area contributed by atoms with Crippen molar-refractivity contribution in [2.75, 3.05) is 53.6 Å². The first-order chi connectivity index (χ1) is 17.8. The summed E-state index contributed by atoms with van der Waals surface area (Å²) in [7, 11) is 2.70. The van der Waals surface area contributed by atoms with E-state index in [2.05, 4.69) is 20.8 Å². The number of methoxy groups -OCH3 is 2. The second-order valence-electron chi connectivity index (χ2n) is 8.70. The van der Waals surface area contributed by atoms with Crippen molar-refractivity contribution in [3.63, 3.8) is 0 Å². The summed E-state index contributed by atoms with van der Waals surface area (Å²) in [4.78, 5) is 30.1. The third-order valence-corrected chi connectivity index (χ3v) is 7.13. The van der Waals surface area contributed by atoms with Crippen LogP contribution in [0.1, 0.15) is 23.6 Å². The summed E-state index contributed by atoms with van der Waals surface area (Å²) in [5.41, 5.74) is 0.280. The molecule has 1 unspecified atom stereocenters. The standard InChI is InChI=1S/C26H28BrFN2O7/c1-35-19-5-4-15(13-18(19)28)23(31)21-22(16-12-17(27)24(32)20(14-16)36-2)30(26(34)25(21)33)7-3-6-29-8-10-37-11-9-29/h4-5,12-14,22,31-32H,3,6-11H2,1-2H3. The second-order valence-corrected chi connectivity index (χ2v) is 9.56. The molecular formula is C26H28BrFN2O7. The number of likely N-dealkylation sites (tertiary alicyclic amines) is 1. The van der Waals surface area contributed by atoms with E-state index in [1.54, 1.807) is 6.07 Å². The van der Waals surface area contributed by atoms with E-state index in [1.807, 2.05) is 0 Å². The van der Waals surface area contributed by atoms with Crippen molar-refractivity contribution in [3.05, 3.63) is 57.3 Å². The number of hydrogen-bond acceptors (Lipinski definition) is 8. The smallest absolute Gasteiger partial charge is 0.295 e. The van der Waals surface area contributed by atoms with Gasteiger partial charge in [-0.15, -0.1) is 0 Å². The quantitative estimate of drug-likeness (QED) is 0.278. The van der Waals surface area contributed by atoms with Gasteiger partial charge in [0.25, 0.3) is 11.7 Å². The maximum absolute atomic E-state index is 14.4. The molecule has 2 aromatic carbocycles. The minimum absolute atomic E-state index is 0.0242. The predicted molar refractivity (Wildman–Crippen MR) is 136 cm³/mol. The number of ketones is 1. The zero-order valence-corrected chi connectivity index (χ0v) is 22.1. The van der Waals surface area contributed by atoms with Crippen molar-refractivity contribution in [2.45, 2.75) is 12.5 Å². The van der Waals surface area contributed by atoms with Gasteiger partial charge in [-0.1, -0.05) is 0 Å². The maximum atomic E-state index is 14.4. The van der Waals surface area contributed by atoms with Crippen LogP contribution in [0.15, 0.2) is 40.4 Å². The van der Waals surface area contributed by atoms with Gasteiger partial charge in [0.05, 0.1) is 43.5 Å². The highest BCUT2D eigenvalue weighted by Gasteiger charge is 2.46. The highest BCUT2D eigenvalue weighted by molar-refractivity contribution is 9.10. The number of halogens is 2. The first-order valence-electron chi connectivity index (χ1n) is 11.8. The van der Waals surface area contributed by atoms with Crippen molar-refractivity contribution in [1.29, 1.82) is 0 Å². The van der Waals surface area contributed by atoms with Crippen molar-refractivity contribution in [1.82, 2.24) is 9.80 Å². The molecule has 1 atom stereocenters. The largest absolute Gasteiger partial charge is 0.507 e. The van der Waals surface area contributed by atoms with Gasteiger partial charge in [0, 0.05) is 31.7 Å². The van der Waals surface area contributed by atoms with Crippen molar-refractivity contribution in [2.24, 2.45) is 0 Å². The summed E-state index contributed by atoms with van der Waals surface area (Å²) in [5, 5.41) is 21.5. The van der Waals surface area contributed by atoms with Crippen LogP contribution < -0.4 is 9.47 Å². The fraction of sp³-hybridized carbons (Fsp3) is 0.385. The van der Waals surface area contributed by atoms with Gasteiger partial charge in [-0.25, -0.2) is 4.39 Å². The fourth-order valence-electron chi connectivity index (χ4n) is 4.62. The van der Waals surface area contributed by atoms with Crippen LogP contribution >= 0.6 is 15.9 Å². The van der Waals surface area contributed by atoms with E-state index in [0.29, 0.717) is 31.7 Å². The van der Waals surface area contributed by atoms with Crippen molar-refractivity contribution >= 4 is 33.4 Å². The molecule has 0 aromatic heterocycles. The normalized spacial score (nSPS) is 19.9. The summed E-state index contributed by atoms with van der Waals surface area (Å²) in [6, 6.07) is 5.87. The van der Waals surface area contributed by atoms with Gasteiger partial charge < -0.3 is 29.3 Å². The van der Waals surface area contributed by atoms with Crippen LogP contribution in [0.5, 0.6) is 17.2 Å². The average Bonchev–Trinajstić information content (AvgIpc) is 3.15. The minimum Gasteiger partial charge on any atom is -0.507 e. The molecule has 0 radical (unpaired) electrons. The number of amides is 1. The summed E-state index contributed by atoms with van der Waals surface area (Å²) in [5.74, 6) is -2.94. The summed E-state index contributed by atoms with van der Waals surface area (Å²) >= 11 is 3.29. The van der Waals surface area contributed by atoms with E-state index < -0.39 is 29.3 Å². The van der Waals surface area contributed by atoms with Gasteiger partial charge >= 0.3 is 0 Å². The molecule has 198 valence electrons. The number of ether oxygens (including phenoxy) is 3. The Bertz CT molecular complexity index is 1230. The zero-order valence-electron chi connectivity index (χ0n) is 20.5. The molecule has 2 N–H and O–H groups in total. The lowest BCUT2D eigenvalue weighted by atomic mass is 9.94. The number of hydrogen-bond donors (Lipinski definition) is 2. The van der Waals surface area contributed by atoms with E-state index in [4.69, 9.17) is 14.2 Å². The SMILES string of the molecule is COc1ccc(C(O)=C2C(=O)C(=O)N(CCCN3CCOCC3)C2c2cc(Br)c(O)c(OC)c2)cc1F. The molecule has 9 nitrogen and oxygen atoms in total. The fourth-order valence-corrected chi connectivity index (χ4v) is 5.08. The van der Waals surface area contributed by atoms with Crippen LogP contribution in [0.25, 0.3) is 5.76 Å². The number of phenols is 1. The van der Waals surface area contributed by atoms with Crippen LogP contribution in [-0.4, -0.2) is 85.3 Å². The lowest BCUT2D eigenvalue weighted by Crippen LogP contribution is -2.39. The predicted octanol–water partition coefficient (Wildman–Crippen LogP) is 3.46. The van der Waals surface area contributed by atoms with Crippen LogP contribution in [0.2, 0.25) is 0 Å². The molecule has 11 heteroatoms. The number of morpholine rings is 1. The summed E-state index contributed by atoms with van der Waals surface area (Å²) in [6.07, 6.45) is 0.580. The first kappa shape index (κ1) is 26.9. The molecule has 37 heavy (non-hydrogen) atoms. The van der Waals surface area contributed by atoms with Crippen LogP contribution in [0.4, 0.5) is 4.39 Å². The number of Topliss-reactive ketones (excluding diaryl/α,β-unsaturated/α-hetero) is 1. The first-order valence-corrected chi connectivity index (χ1v) is 12.5.